The summed E-state index contributed by atoms with van der Waals surface area (Å²) in [5.41, 5.74) is 4.59. The van der Waals surface area contributed by atoms with E-state index < -0.39 is 0 Å². The Hall–Kier alpha value is -2.67. The number of allylic oxidation sites excluding steroid dienone is 1. The molecule has 0 bridgehead atoms. The maximum atomic E-state index is 13.1. The summed E-state index contributed by atoms with van der Waals surface area (Å²) in [5, 5.41) is 0. The molecule has 0 aromatic heterocycles. The second-order valence-corrected chi connectivity index (χ2v) is 5.25. The van der Waals surface area contributed by atoms with Crippen molar-refractivity contribution in [3.05, 3.63) is 108 Å². The molecule has 3 rings (SSSR count). The van der Waals surface area contributed by atoms with Crippen LogP contribution in [0.15, 0.2) is 91.5 Å². The highest BCUT2D eigenvalue weighted by molar-refractivity contribution is 5.63. The van der Waals surface area contributed by atoms with Gasteiger partial charge in [0.2, 0.25) is 0 Å². The van der Waals surface area contributed by atoms with E-state index in [1.165, 1.54) is 23.3 Å². The molecule has 0 N–H and O–H groups in total. The van der Waals surface area contributed by atoms with Crippen LogP contribution in [0.25, 0.3) is 11.1 Å². The molecule has 1 atom stereocenters. The predicted octanol–water partition coefficient (Wildman–Crippen LogP) is 5.81. The van der Waals surface area contributed by atoms with Crippen LogP contribution in [-0.4, -0.2) is 0 Å². The van der Waals surface area contributed by atoms with E-state index in [-0.39, 0.29) is 11.7 Å². The summed E-state index contributed by atoms with van der Waals surface area (Å²) in [7, 11) is 0. The van der Waals surface area contributed by atoms with E-state index in [0.717, 1.165) is 11.1 Å². The summed E-state index contributed by atoms with van der Waals surface area (Å²) >= 11 is 0. The first-order valence-corrected chi connectivity index (χ1v) is 7.31. The smallest absolute Gasteiger partial charge is 0.123 e. The number of halogens is 1. The van der Waals surface area contributed by atoms with Gasteiger partial charge in [-0.15, -0.1) is 6.58 Å². The molecule has 22 heavy (non-hydrogen) atoms. The molecule has 1 unspecified atom stereocenters. The number of rotatable bonds is 4. The molecule has 0 amide bonds. The number of hydrogen-bond acceptors (Lipinski definition) is 0. The standard InChI is InChI=1S/C21H17F/c1-2-21(19-12-14-20(22)15-13-19)18-10-8-17(9-11-18)16-6-4-3-5-7-16/h2-15,21H,1H2. The van der Waals surface area contributed by atoms with Crippen molar-refractivity contribution in [3.8, 4) is 11.1 Å². The summed E-state index contributed by atoms with van der Waals surface area (Å²) in [4.78, 5) is 0. The van der Waals surface area contributed by atoms with Crippen molar-refractivity contribution >= 4 is 0 Å². The lowest BCUT2D eigenvalue weighted by Gasteiger charge is -2.14. The van der Waals surface area contributed by atoms with Crippen LogP contribution in [0.1, 0.15) is 17.0 Å². The summed E-state index contributed by atoms with van der Waals surface area (Å²) in [6.07, 6.45) is 1.89. The van der Waals surface area contributed by atoms with Gasteiger partial charge in [0, 0.05) is 5.92 Å². The van der Waals surface area contributed by atoms with E-state index >= 15 is 0 Å². The van der Waals surface area contributed by atoms with E-state index in [2.05, 4.69) is 43.0 Å². The Labute approximate surface area is 130 Å². The first kappa shape index (κ1) is 14.3. The molecule has 0 saturated heterocycles. The van der Waals surface area contributed by atoms with Gasteiger partial charge in [0.25, 0.3) is 0 Å². The van der Waals surface area contributed by atoms with E-state index in [4.69, 9.17) is 0 Å². The molecule has 0 nitrogen and oxygen atoms in total. The van der Waals surface area contributed by atoms with E-state index in [9.17, 15) is 4.39 Å². The maximum absolute atomic E-state index is 13.1. The van der Waals surface area contributed by atoms with Gasteiger partial charge >= 0.3 is 0 Å². The molecule has 0 aliphatic heterocycles. The molecule has 0 aliphatic carbocycles. The molecular weight excluding hydrogens is 271 g/mol. The molecule has 0 saturated carbocycles. The zero-order valence-electron chi connectivity index (χ0n) is 12.2. The van der Waals surface area contributed by atoms with Crippen molar-refractivity contribution in [3.63, 3.8) is 0 Å². The van der Waals surface area contributed by atoms with Crippen LogP contribution in [0.4, 0.5) is 4.39 Å². The largest absolute Gasteiger partial charge is 0.207 e. The Balaban J connectivity index is 1.90. The lowest BCUT2D eigenvalue weighted by molar-refractivity contribution is 0.627. The SMILES string of the molecule is C=CC(c1ccc(F)cc1)c1ccc(-c2ccccc2)cc1. The molecule has 3 aromatic carbocycles. The second kappa shape index (κ2) is 6.40. The molecule has 3 aromatic rings. The minimum absolute atomic E-state index is 0.0745. The van der Waals surface area contributed by atoms with Crippen molar-refractivity contribution in [1.29, 1.82) is 0 Å². The molecule has 0 radical (unpaired) electrons. The third-order valence-electron chi connectivity index (χ3n) is 3.84. The van der Waals surface area contributed by atoms with Gasteiger partial charge in [0.05, 0.1) is 0 Å². The van der Waals surface area contributed by atoms with Gasteiger partial charge < -0.3 is 0 Å². The van der Waals surface area contributed by atoms with Crippen LogP contribution in [0.3, 0.4) is 0 Å². The fraction of sp³-hybridized carbons (Fsp3) is 0.0476. The Morgan fingerprint density at radius 1 is 0.682 bits per heavy atom. The molecular formula is C21H17F. The molecule has 108 valence electrons. The minimum atomic E-state index is -0.217. The quantitative estimate of drug-likeness (QED) is 0.531. The lowest BCUT2D eigenvalue weighted by Crippen LogP contribution is -1.97. The van der Waals surface area contributed by atoms with Crippen LogP contribution in [0.5, 0.6) is 0 Å². The number of hydrogen-bond donors (Lipinski definition) is 0. The highest BCUT2D eigenvalue weighted by atomic mass is 19.1. The highest BCUT2D eigenvalue weighted by Crippen LogP contribution is 2.28. The zero-order valence-corrected chi connectivity index (χ0v) is 12.2. The average Bonchev–Trinajstić information content (AvgIpc) is 2.59. The van der Waals surface area contributed by atoms with Crippen molar-refractivity contribution in [2.24, 2.45) is 0 Å². The van der Waals surface area contributed by atoms with Gasteiger partial charge in [0.15, 0.2) is 0 Å². The second-order valence-electron chi connectivity index (χ2n) is 5.25. The summed E-state index contributed by atoms with van der Waals surface area (Å²) in [6.45, 7) is 3.92. The van der Waals surface area contributed by atoms with E-state index in [0.29, 0.717) is 0 Å². The molecule has 0 aliphatic rings. The predicted molar refractivity (Wildman–Crippen MR) is 90.3 cm³/mol. The minimum Gasteiger partial charge on any atom is -0.207 e. The van der Waals surface area contributed by atoms with Crippen LogP contribution in [0, 0.1) is 5.82 Å². The van der Waals surface area contributed by atoms with Gasteiger partial charge in [0.1, 0.15) is 5.82 Å². The van der Waals surface area contributed by atoms with Gasteiger partial charge in [-0.25, -0.2) is 4.39 Å². The Morgan fingerprint density at radius 3 is 1.73 bits per heavy atom. The summed E-state index contributed by atoms with van der Waals surface area (Å²) < 4.78 is 13.1. The highest BCUT2D eigenvalue weighted by Gasteiger charge is 2.10. The first-order chi connectivity index (χ1) is 10.8. The summed E-state index contributed by atoms with van der Waals surface area (Å²) in [6, 6.07) is 25.3. The molecule has 1 heteroatoms. The summed E-state index contributed by atoms with van der Waals surface area (Å²) in [5.74, 6) is -0.142. The maximum Gasteiger partial charge on any atom is 0.123 e. The van der Waals surface area contributed by atoms with Gasteiger partial charge in [-0.1, -0.05) is 72.8 Å². The first-order valence-electron chi connectivity index (χ1n) is 7.31. The van der Waals surface area contributed by atoms with Crippen molar-refractivity contribution < 1.29 is 4.39 Å². The third-order valence-corrected chi connectivity index (χ3v) is 3.84. The monoisotopic (exact) mass is 288 g/mol. The fourth-order valence-corrected chi connectivity index (χ4v) is 2.65. The third kappa shape index (κ3) is 2.99. The van der Waals surface area contributed by atoms with Crippen LogP contribution < -0.4 is 0 Å². The van der Waals surface area contributed by atoms with E-state index in [1.807, 2.05) is 36.4 Å². The Bertz CT molecular complexity index is 740. The van der Waals surface area contributed by atoms with Crippen molar-refractivity contribution in [2.45, 2.75) is 5.92 Å². The molecule has 0 fully saturated rings. The molecule has 0 spiro atoms. The van der Waals surface area contributed by atoms with E-state index in [1.54, 1.807) is 0 Å². The van der Waals surface area contributed by atoms with Gasteiger partial charge in [-0.2, -0.15) is 0 Å². The Morgan fingerprint density at radius 2 is 1.18 bits per heavy atom. The fourth-order valence-electron chi connectivity index (χ4n) is 2.65. The van der Waals surface area contributed by atoms with Gasteiger partial charge in [-0.3, -0.25) is 0 Å². The molecule has 0 heterocycles. The zero-order chi connectivity index (χ0) is 15.4. The normalized spacial score (nSPS) is 11.9. The van der Waals surface area contributed by atoms with Gasteiger partial charge in [-0.05, 0) is 34.4 Å². The number of benzene rings is 3. The lowest BCUT2D eigenvalue weighted by atomic mass is 9.90. The van der Waals surface area contributed by atoms with Crippen LogP contribution in [-0.2, 0) is 0 Å². The topological polar surface area (TPSA) is 0 Å². The van der Waals surface area contributed by atoms with Crippen LogP contribution in [0.2, 0.25) is 0 Å². The van der Waals surface area contributed by atoms with Crippen molar-refractivity contribution in [2.75, 3.05) is 0 Å². The average molecular weight is 288 g/mol. The van der Waals surface area contributed by atoms with Crippen molar-refractivity contribution in [1.82, 2.24) is 0 Å². The van der Waals surface area contributed by atoms with Crippen LogP contribution >= 0.6 is 0 Å². The Kier molecular flexibility index (Phi) is 4.15.